The normalized spacial score (nSPS) is 25.4. The SMILES string of the molecule is CCCNC(=O)C(C)NC(=O)C1(C)CCNC1. The van der Waals surface area contributed by atoms with E-state index in [9.17, 15) is 9.59 Å². The second kappa shape index (κ2) is 6.00. The van der Waals surface area contributed by atoms with Gasteiger partial charge in [-0.1, -0.05) is 6.92 Å². The standard InChI is InChI=1S/C12H23N3O2/c1-4-6-14-10(16)9(2)15-11(17)12(3)5-7-13-8-12/h9,13H,4-8H2,1-3H3,(H,14,16)(H,15,17). The van der Waals surface area contributed by atoms with Crippen molar-refractivity contribution in [1.29, 1.82) is 0 Å². The quantitative estimate of drug-likeness (QED) is 0.635. The highest BCUT2D eigenvalue weighted by atomic mass is 16.2. The van der Waals surface area contributed by atoms with Gasteiger partial charge < -0.3 is 16.0 Å². The molecule has 98 valence electrons. The number of amides is 2. The zero-order valence-electron chi connectivity index (χ0n) is 10.9. The van der Waals surface area contributed by atoms with E-state index in [-0.39, 0.29) is 17.2 Å². The third kappa shape index (κ3) is 3.70. The Morgan fingerprint density at radius 2 is 2.18 bits per heavy atom. The Balaban J connectivity index is 2.42. The predicted octanol–water partition coefficient (Wildman–Crippen LogP) is 0.0169. The van der Waals surface area contributed by atoms with Crippen LogP contribution in [0, 0.1) is 5.41 Å². The molecule has 1 rings (SSSR count). The maximum Gasteiger partial charge on any atom is 0.242 e. The molecular weight excluding hydrogens is 218 g/mol. The maximum atomic E-state index is 12.0. The number of carbonyl (C=O) groups excluding carboxylic acids is 2. The average Bonchev–Trinajstić information content (AvgIpc) is 2.74. The molecular formula is C12H23N3O2. The lowest BCUT2D eigenvalue weighted by atomic mass is 9.88. The lowest BCUT2D eigenvalue weighted by Crippen LogP contribution is -2.50. The van der Waals surface area contributed by atoms with E-state index in [1.165, 1.54) is 0 Å². The van der Waals surface area contributed by atoms with Gasteiger partial charge in [-0.2, -0.15) is 0 Å². The Kier molecular flexibility index (Phi) is 4.93. The molecule has 1 aliphatic rings. The van der Waals surface area contributed by atoms with E-state index >= 15 is 0 Å². The summed E-state index contributed by atoms with van der Waals surface area (Å²) in [5.74, 6) is -0.156. The average molecular weight is 241 g/mol. The molecule has 1 heterocycles. The Labute approximate surface area is 103 Å². The summed E-state index contributed by atoms with van der Waals surface area (Å²) < 4.78 is 0. The van der Waals surface area contributed by atoms with Gasteiger partial charge in [-0.15, -0.1) is 0 Å². The van der Waals surface area contributed by atoms with E-state index in [4.69, 9.17) is 0 Å². The van der Waals surface area contributed by atoms with Crippen LogP contribution in [0.3, 0.4) is 0 Å². The molecule has 5 heteroatoms. The lowest BCUT2D eigenvalue weighted by molar-refractivity contribution is -0.133. The predicted molar refractivity (Wildman–Crippen MR) is 66.5 cm³/mol. The number of rotatable bonds is 5. The van der Waals surface area contributed by atoms with Crippen LogP contribution in [0.1, 0.15) is 33.6 Å². The van der Waals surface area contributed by atoms with Crippen LogP contribution in [0.4, 0.5) is 0 Å². The number of hydrogen-bond acceptors (Lipinski definition) is 3. The molecule has 5 nitrogen and oxygen atoms in total. The van der Waals surface area contributed by atoms with Crippen LogP contribution in [-0.2, 0) is 9.59 Å². The molecule has 2 amide bonds. The van der Waals surface area contributed by atoms with Crippen LogP contribution in [0.5, 0.6) is 0 Å². The van der Waals surface area contributed by atoms with Crippen molar-refractivity contribution >= 4 is 11.8 Å². The Morgan fingerprint density at radius 1 is 1.47 bits per heavy atom. The van der Waals surface area contributed by atoms with Crippen LogP contribution < -0.4 is 16.0 Å². The van der Waals surface area contributed by atoms with Gasteiger partial charge in [-0.25, -0.2) is 0 Å². The Morgan fingerprint density at radius 3 is 2.71 bits per heavy atom. The zero-order valence-corrected chi connectivity index (χ0v) is 10.9. The van der Waals surface area contributed by atoms with Crippen molar-refractivity contribution < 1.29 is 9.59 Å². The van der Waals surface area contributed by atoms with E-state index in [0.29, 0.717) is 13.1 Å². The highest BCUT2D eigenvalue weighted by Gasteiger charge is 2.37. The van der Waals surface area contributed by atoms with Gasteiger partial charge in [0.25, 0.3) is 0 Å². The summed E-state index contributed by atoms with van der Waals surface area (Å²) >= 11 is 0. The first kappa shape index (κ1) is 14.0. The summed E-state index contributed by atoms with van der Waals surface area (Å²) in [5, 5.41) is 8.72. The summed E-state index contributed by atoms with van der Waals surface area (Å²) in [4.78, 5) is 23.6. The molecule has 1 fully saturated rings. The van der Waals surface area contributed by atoms with E-state index in [2.05, 4.69) is 16.0 Å². The topological polar surface area (TPSA) is 70.2 Å². The van der Waals surface area contributed by atoms with E-state index < -0.39 is 6.04 Å². The van der Waals surface area contributed by atoms with Crippen LogP contribution in [0.2, 0.25) is 0 Å². The van der Waals surface area contributed by atoms with Gasteiger partial charge >= 0.3 is 0 Å². The Hall–Kier alpha value is -1.10. The summed E-state index contributed by atoms with van der Waals surface area (Å²) in [5.41, 5.74) is -0.376. The van der Waals surface area contributed by atoms with Crippen LogP contribution >= 0.6 is 0 Å². The molecule has 1 aliphatic heterocycles. The van der Waals surface area contributed by atoms with E-state index in [0.717, 1.165) is 19.4 Å². The van der Waals surface area contributed by atoms with Crippen LogP contribution in [0.15, 0.2) is 0 Å². The third-order valence-corrected chi connectivity index (χ3v) is 3.21. The van der Waals surface area contributed by atoms with E-state index in [1.54, 1.807) is 6.92 Å². The number of carbonyl (C=O) groups is 2. The first-order valence-electron chi connectivity index (χ1n) is 6.29. The van der Waals surface area contributed by atoms with Gasteiger partial charge in [-0.3, -0.25) is 9.59 Å². The molecule has 1 saturated heterocycles. The first-order chi connectivity index (χ1) is 7.99. The van der Waals surface area contributed by atoms with Gasteiger partial charge in [-0.05, 0) is 33.2 Å². The minimum absolute atomic E-state index is 0.0401. The first-order valence-corrected chi connectivity index (χ1v) is 6.29. The second-order valence-electron chi connectivity index (χ2n) is 4.97. The molecule has 0 aromatic carbocycles. The maximum absolute atomic E-state index is 12.0. The second-order valence-corrected chi connectivity index (χ2v) is 4.97. The largest absolute Gasteiger partial charge is 0.354 e. The van der Waals surface area contributed by atoms with Gasteiger partial charge in [0.1, 0.15) is 6.04 Å². The fraction of sp³-hybridized carbons (Fsp3) is 0.833. The fourth-order valence-electron chi connectivity index (χ4n) is 1.85. The Bertz CT molecular complexity index is 285. The van der Waals surface area contributed by atoms with Gasteiger partial charge in [0, 0.05) is 13.1 Å². The molecule has 2 unspecified atom stereocenters. The molecule has 0 spiro atoms. The highest BCUT2D eigenvalue weighted by molar-refractivity contribution is 5.89. The van der Waals surface area contributed by atoms with Crippen LogP contribution in [0.25, 0.3) is 0 Å². The molecule has 0 aliphatic carbocycles. The summed E-state index contributed by atoms with van der Waals surface area (Å²) in [6.07, 6.45) is 1.72. The number of nitrogens with one attached hydrogen (secondary N) is 3. The molecule has 17 heavy (non-hydrogen) atoms. The minimum atomic E-state index is -0.466. The van der Waals surface area contributed by atoms with Gasteiger partial charge in [0.15, 0.2) is 0 Å². The molecule has 0 bridgehead atoms. The smallest absolute Gasteiger partial charge is 0.242 e. The van der Waals surface area contributed by atoms with Crippen molar-refractivity contribution in [2.45, 2.75) is 39.7 Å². The summed E-state index contributed by atoms with van der Waals surface area (Å²) in [7, 11) is 0. The molecule has 0 saturated carbocycles. The summed E-state index contributed by atoms with van der Waals surface area (Å²) in [6.45, 7) is 7.84. The minimum Gasteiger partial charge on any atom is -0.354 e. The molecule has 0 aromatic heterocycles. The van der Waals surface area contributed by atoms with Crippen molar-refractivity contribution in [3.05, 3.63) is 0 Å². The monoisotopic (exact) mass is 241 g/mol. The number of hydrogen-bond donors (Lipinski definition) is 3. The third-order valence-electron chi connectivity index (χ3n) is 3.21. The lowest BCUT2D eigenvalue weighted by Gasteiger charge is -2.24. The molecule has 0 aromatic rings. The van der Waals surface area contributed by atoms with Crippen molar-refractivity contribution in [3.8, 4) is 0 Å². The molecule has 2 atom stereocenters. The van der Waals surface area contributed by atoms with Crippen molar-refractivity contribution in [3.63, 3.8) is 0 Å². The van der Waals surface area contributed by atoms with Crippen LogP contribution in [-0.4, -0.2) is 37.5 Å². The van der Waals surface area contributed by atoms with Crippen molar-refractivity contribution in [1.82, 2.24) is 16.0 Å². The van der Waals surface area contributed by atoms with Gasteiger partial charge in [0.05, 0.1) is 5.41 Å². The van der Waals surface area contributed by atoms with Crippen molar-refractivity contribution in [2.24, 2.45) is 5.41 Å². The van der Waals surface area contributed by atoms with Gasteiger partial charge in [0.2, 0.25) is 11.8 Å². The molecule has 3 N–H and O–H groups in total. The van der Waals surface area contributed by atoms with Crippen molar-refractivity contribution in [2.75, 3.05) is 19.6 Å². The highest BCUT2D eigenvalue weighted by Crippen LogP contribution is 2.24. The molecule has 0 radical (unpaired) electrons. The zero-order chi connectivity index (χ0) is 12.9. The fourth-order valence-corrected chi connectivity index (χ4v) is 1.85. The van der Waals surface area contributed by atoms with E-state index in [1.807, 2.05) is 13.8 Å². The summed E-state index contributed by atoms with van der Waals surface area (Å²) in [6, 6.07) is -0.466.